The van der Waals surface area contributed by atoms with Crippen molar-refractivity contribution in [2.24, 2.45) is 10.9 Å². The van der Waals surface area contributed by atoms with E-state index in [1.54, 1.807) is 7.05 Å². The fourth-order valence-corrected chi connectivity index (χ4v) is 3.38. The van der Waals surface area contributed by atoms with E-state index in [0.717, 1.165) is 43.0 Å². The third-order valence-corrected chi connectivity index (χ3v) is 5.61. The van der Waals surface area contributed by atoms with Crippen LogP contribution < -0.4 is 16.0 Å². The van der Waals surface area contributed by atoms with Crippen LogP contribution in [-0.2, 0) is 16.8 Å². The molecule has 2 aromatic rings. The number of carbonyl (C=O) groups is 1. The van der Waals surface area contributed by atoms with Crippen LogP contribution in [0.15, 0.2) is 59.6 Å². The second-order valence-electron chi connectivity index (χ2n) is 8.35. The minimum atomic E-state index is -0.00932. The molecule has 30 heavy (non-hydrogen) atoms. The van der Waals surface area contributed by atoms with Crippen LogP contribution in [0.3, 0.4) is 0 Å². The summed E-state index contributed by atoms with van der Waals surface area (Å²) in [6, 6.07) is 18.5. The Morgan fingerprint density at radius 1 is 1.07 bits per heavy atom. The molecular weight excluding hydrogens is 487 g/mol. The van der Waals surface area contributed by atoms with Gasteiger partial charge in [-0.25, -0.2) is 0 Å². The Kier molecular flexibility index (Phi) is 9.14. The summed E-state index contributed by atoms with van der Waals surface area (Å²) in [5, 5.41) is 9.82. The Bertz CT molecular complexity index is 847. The number of aliphatic imine (C=N–C) groups is 1. The third-order valence-electron chi connectivity index (χ3n) is 5.61. The summed E-state index contributed by atoms with van der Waals surface area (Å²) < 4.78 is 0. The number of guanidine groups is 1. The largest absolute Gasteiger partial charge is 0.356 e. The molecule has 3 N–H and O–H groups in total. The predicted molar refractivity (Wildman–Crippen MR) is 135 cm³/mol. The van der Waals surface area contributed by atoms with Gasteiger partial charge in [-0.3, -0.25) is 9.79 Å². The molecule has 1 aliphatic carbocycles. The van der Waals surface area contributed by atoms with Crippen LogP contribution in [-0.4, -0.2) is 25.5 Å². The molecule has 1 saturated carbocycles. The number of hydrogen-bond donors (Lipinski definition) is 3. The number of hydrogen-bond acceptors (Lipinski definition) is 2. The fraction of sp³-hybridized carbons (Fsp3) is 0.417. The molecular formula is C24H33IN4O. The first-order chi connectivity index (χ1) is 14.0. The van der Waals surface area contributed by atoms with Crippen LogP contribution in [0.5, 0.6) is 0 Å². The molecule has 0 aromatic heterocycles. The number of carbonyl (C=O) groups excluding carboxylic acids is 1. The molecule has 0 heterocycles. The van der Waals surface area contributed by atoms with Crippen LogP contribution in [0, 0.1) is 5.92 Å². The van der Waals surface area contributed by atoms with Crippen LogP contribution in [0.1, 0.15) is 44.2 Å². The van der Waals surface area contributed by atoms with E-state index in [1.807, 2.05) is 30.3 Å². The van der Waals surface area contributed by atoms with Gasteiger partial charge in [-0.15, -0.1) is 24.0 Å². The van der Waals surface area contributed by atoms with Gasteiger partial charge in [-0.05, 0) is 36.1 Å². The van der Waals surface area contributed by atoms with Crippen molar-refractivity contribution in [2.75, 3.05) is 18.9 Å². The quantitative estimate of drug-likeness (QED) is 0.282. The highest BCUT2D eigenvalue weighted by atomic mass is 127. The summed E-state index contributed by atoms with van der Waals surface area (Å²) in [6.45, 7) is 5.85. The number of nitrogens with zero attached hydrogens (tertiary/aromatic N) is 1. The molecule has 2 aromatic carbocycles. The molecule has 3 rings (SSSR count). The minimum absolute atomic E-state index is 0. The molecule has 0 atom stereocenters. The lowest BCUT2D eigenvalue weighted by molar-refractivity contribution is -0.122. The van der Waals surface area contributed by atoms with Crippen LogP contribution in [0.4, 0.5) is 5.69 Å². The Balaban J connectivity index is 0.00000320. The fourth-order valence-electron chi connectivity index (χ4n) is 3.38. The van der Waals surface area contributed by atoms with Crippen LogP contribution in [0.25, 0.3) is 0 Å². The summed E-state index contributed by atoms with van der Waals surface area (Å²) in [5.74, 6) is 1.09. The maximum absolute atomic E-state index is 12.2. The number of anilines is 1. The topological polar surface area (TPSA) is 65.5 Å². The Morgan fingerprint density at radius 2 is 1.80 bits per heavy atom. The number of rotatable bonds is 7. The zero-order chi connectivity index (χ0) is 20.7. The van der Waals surface area contributed by atoms with Crippen molar-refractivity contribution in [3.05, 3.63) is 65.7 Å². The maximum atomic E-state index is 12.2. The van der Waals surface area contributed by atoms with Crippen LogP contribution in [0.2, 0.25) is 0 Å². The molecule has 0 bridgehead atoms. The van der Waals surface area contributed by atoms with Gasteiger partial charge in [-0.2, -0.15) is 0 Å². The molecule has 0 unspecified atom stereocenters. The monoisotopic (exact) mass is 520 g/mol. The first kappa shape index (κ1) is 24.2. The lowest BCUT2D eigenvalue weighted by Gasteiger charge is -2.26. The highest BCUT2D eigenvalue weighted by Gasteiger charge is 2.25. The number of nitrogens with one attached hydrogen (secondary N) is 3. The smallest absolute Gasteiger partial charge is 0.227 e. The second kappa shape index (κ2) is 11.3. The number of benzene rings is 2. The summed E-state index contributed by atoms with van der Waals surface area (Å²) in [4.78, 5) is 16.5. The molecule has 0 spiro atoms. The van der Waals surface area contributed by atoms with Gasteiger partial charge in [0.25, 0.3) is 0 Å². The number of amides is 1. The van der Waals surface area contributed by atoms with E-state index in [0.29, 0.717) is 6.54 Å². The van der Waals surface area contributed by atoms with Crippen molar-refractivity contribution in [3.8, 4) is 0 Å². The van der Waals surface area contributed by atoms with Crippen molar-refractivity contribution >= 4 is 41.5 Å². The van der Waals surface area contributed by atoms with Gasteiger partial charge >= 0.3 is 0 Å². The van der Waals surface area contributed by atoms with Gasteiger partial charge in [0.05, 0.1) is 0 Å². The van der Waals surface area contributed by atoms with E-state index >= 15 is 0 Å². The molecule has 0 aliphatic heterocycles. The van der Waals surface area contributed by atoms with Crippen molar-refractivity contribution in [1.29, 1.82) is 0 Å². The zero-order valence-electron chi connectivity index (χ0n) is 18.1. The van der Waals surface area contributed by atoms with Crippen LogP contribution >= 0.6 is 24.0 Å². The SMILES string of the molecule is CN=C(NCc1cccc(NC(=O)C2CCC2)c1)NCC(C)(C)c1ccccc1.I. The van der Waals surface area contributed by atoms with Gasteiger partial charge in [0, 0.05) is 37.2 Å². The Labute approximate surface area is 197 Å². The maximum Gasteiger partial charge on any atom is 0.227 e. The van der Waals surface area contributed by atoms with E-state index in [-0.39, 0.29) is 41.2 Å². The minimum Gasteiger partial charge on any atom is -0.356 e. The molecule has 0 saturated heterocycles. The molecule has 1 fully saturated rings. The van der Waals surface area contributed by atoms with E-state index in [9.17, 15) is 4.79 Å². The summed E-state index contributed by atoms with van der Waals surface area (Å²) in [7, 11) is 1.78. The third kappa shape index (κ3) is 6.72. The van der Waals surface area contributed by atoms with E-state index in [4.69, 9.17) is 0 Å². The lowest BCUT2D eigenvalue weighted by atomic mass is 9.85. The normalized spacial score (nSPS) is 14.3. The highest BCUT2D eigenvalue weighted by Crippen LogP contribution is 2.27. The van der Waals surface area contributed by atoms with Crippen molar-refractivity contribution in [1.82, 2.24) is 10.6 Å². The first-order valence-corrected chi connectivity index (χ1v) is 10.4. The predicted octanol–water partition coefficient (Wildman–Crippen LogP) is 4.69. The zero-order valence-corrected chi connectivity index (χ0v) is 20.4. The molecule has 162 valence electrons. The lowest BCUT2D eigenvalue weighted by Crippen LogP contribution is -2.43. The Hall–Kier alpha value is -2.09. The van der Waals surface area contributed by atoms with Gasteiger partial charge in [0.1, 0.15) is 0 Å². The average molecular weight is 520 g/mol. The summed E-state index contributed by atoms with van der Waals surface area (Å²) in [6.07, 6.45) is 3.18. The number of halogens is 1. The molecule has 5 nitrogen and oxygen atoms in total. The van der Waals surface area contributed by atoms with Gasteiger partial charge < -0.3 is 16.0 Å². The molecule has 1 aliphatic rings. The second-order valence-corrected chi connectivity index (χ2v) is 8.35. The molecule has 6 heteroatoms. The van der Waals surface area contributed by atoms with Crippen molar-refractivity contribution < 1.29 is 4.79 Å². The molecule has 0 radical (unpaired) electrons. The average Bonchev–Trinajstić information content (AvgIpc) is 2.67. The standard InChI is InChI=1S/C24H32N4O.HI/c1-24(2,20-12-5-4-6-13-20)17-27-23(25-3)26-16-18-9-7-14-21(15-18)28-22(29)19-10-8-11-19;/h4-7,9,12-15,19H,8,10-11,16-17H2,1-3H3,(H,28,29)(H2,25,26,27);1H. The van der Waals surface area contributed by atoms with E-state index in [1.165, 1.54) is 5.56 Å². The Morgan fingerprint density at radius 3 is 2.43 bits per heavy atom. The first-order valence-electron chi connectivity index (χ1n) is 10.4. The van der Waals surface area contributed by atoms with Gasteiger partial charge in [0.15, 0.2) is 5.96 Å². The van der Waals surface area contributed by atoms with Crippen molar-refractivity contribution in [3.63, 3.8) is 0 Å². The van der Waals surface area contributed by atoms with E-state index < -0.39 is 0 Å². The summed E-state index contributed by atoms with van der Waals surface area (Å²) >= 11 is 0. The van der Waals surface area contributed by atoms with E-state index in [2.05, 4.69) is 59.1 Å². The highest BCUT2D eigenvalue weighted by molar-refractivity contribution is 14.0. The molecule has 1 amide bonds. The summed E-state index contributed by atoms with van der Waals surface area (Å²) in [5.41, 5.74) is 3.24. The van der Waals surface area contributed by atoms with Gasteiger partial charge in [-0.1, -0.05) is 62.7 Å². The van der Waals surface area contributed by atoms with Crippen molar-refractivity contribution in [2.45, 2.75) is 45.1 Å². The van der Waals surface area contributed by atoms with Gasteiger partial charge in [0.2, 0.25) is 5.91 Å².